The van der Waals surface area contributed by atoms with E-state index in [0.29, 0.717) is 44.1 Å². The molecule has 2 aromatic rings. The van der Waals surface area contributed by atoms with E-state index in [4.69, 9.17) is 9.47 Å². The van der Waals surface area contributed by atoms with E-state index >= 15 is 0 Å². The van der Waals surface area contributed by atoms with Gasteiger partial charge in [0.1, 0.15) is 0 Å². The number of hydrogen-bond donors (Lipinski definition) is 1. The van der Waals surface area contributed by atoms with E-state index in [2.05, 4.69) is 11.9 Å². The first-order valence-electron chi connectivity index (χ1n) is 13.7. The minimum atomic E-state index is -0.918. The Hall–Kier alpha value is -3.66. The lowest BCUT2D eigenvalue weighted by atomic mass is 9.84. The van der Waals surface area contributed by atoms with Gasteiger partial charge in [-0.15, -0.1) is 0 Å². The maximum absolute atomic E-state index is 13.7. The molecule has 210 valence electrons. The molecule has 2 aliphatic rings. The standard InChI is InChI=1S/C29H38N4O6/c1-4-6-13-33(22-8-7-12-30-16-22)27(35)18-32-17-23(21-9-10-25-26(15-21)39-19-38-25)28(29(36)37)24(32)11-14-31(5-2)20(3)34/h7-10,12,15-16,23-24,28H,4-6,11,13-14,17-19H2,1-3H3,(H,36,37). The summed E-state index contributed by atoms with van der Waals surface area (Å²) >= 11 is 0. The third-order valence-electron chi connectivity index (χ3n) is 7.71. The van der Waals surface area contributed by atoms with E-state index in [1.807, 2.05) is 36.1 Å². The van der Waals surface area contributed by atoms with Gasteiger partial charge in [-0.05, 0) is 49.6 Å². The number of carbonyl (C=O) groups is 3. The van der Waals surface area contributed by atoms with Crippen molar-refractivity contribution in [3.05, 3.63) is 48.3 Å². The Morgan fingerprint density at radius 3 is 2.59 bits per heavy atom. The molecule has 3 unspecified atom stereocenters. The summed E-state index contributed by atoms with van der Waals surface area (Å²) in [5.41, 5.74) is 1.56. The molecule has 0 saturated carbocycles. The number of aliphatic carboxylic acids is 1. The molecule has 3 atom stereocenters. The van der Waals surface area contributed by atoms with Crippen LogP contribution >= 0.6 is 0 Å². The lowest BCUT2D eigenvalue weighted by Gasteiger charge is -2.31. The number of benzene rings is 1. The topological polar surface area (TPSA) is 113 Å². The van der Waals surface area contributed by atoms with Gasteiger partial charge in [-0.3, -0.25) is 24.3 Å². The van der Waals surface area contributed by atoms with Gasteiger partial charge in [-0.2, -0.15) is 0 Å². The molecule has 2 amide bonds. The van der Waals surface area contributed by atoms with Crippen LogP contribution in [0.3, 0.4) is 0 Å². The Balaban J connectivity index is 1.63. The van der Waals surface area contributed by atoms with Crippen LogP contribution < -0.4 is 14.4 Å². The van der Waals surface area contributed by atoms with Crippen molar-refractivity contribution in [1.82, 2.24) is 14.8 Å². The van der Waals surface area contributed by atoms with Crippen LogP contribution in [-0.2, 0) is 14.4 Å². The number of nitrogens with zero attached hydrogens (tertiary/aromatic N) is 4. The van der Waals surface area contributed by atoms with Crippen molar-refractivity contribution in [2.24, 2.45) is 5.92 Å². The normalized spacial score (nSPS) is 20.1. The summed E-state index contributed by atoms with van der Waals surface area (Å²) in [5, 5.41) is 10.4. The molecule has 0 spiro atoms. The van der Waals surface area contributed by atoms with Gasteiger partial charge < -0.3 is 24.4 Å². The van der Waals surface area contributed by atoms with Crippen LogP contribution in [0.2, 0.25) is 0 Å². The average Bonchev–Trinajstić information content (AvgIpc) is 3.54. The highest BCUT2D eigenvalue weighted by molar-refractivity contribution is 5.94. The number of aromatic nitrogens is 1. The molecular formula is C29H38N4O6. The highest BCUT2D eigenvalue weighted by atomic mass is 16.7. The van der Waals surface area contributed by atoms with Crippen LogP contribution in [0.25, 0.3) is 0 Å². The Labute approximate surface area is 229 Å². The Kier molecular flexibility index (Phi) is 9.40. The highest BCUT2D eigenvalue weighted by Gasteiger charge is 2.47. The molecule has 1 aromatic heterocycles. The van der Waals surface area contributed by atoms with Crippen molar-refractivity contribution in [1.29, 1.82) is 0 Å². The third kappa shape index (κ3) is 6.50. The van der Waals surface area contributed by atoms with E-state index < -0.39 is 17.9 Å². The minimum absolute atomic E-state index is 0.0559. The van der Waals surface area contributed by atoms with E-state index in [1.54, 1.807) is 28.3 Å². The summed E-state index contributed by atoms with van der Waals surface area (Å²) in [6, 6.07) is 8.77. The molecule has 3 heterocycles. The number of carboxylic acid groups (broad SMARTS) is 1. The zero-order valence-electron chi connectivity index (χ0n) is 22.9. The van der Waals surface area contributed by atoms with Crippen LogP contribution in [0, 0.1) is 5.92 Å². The summed E-state index contributed by atoms with van der Waals surface area (Å²) in [7, 11) is 0. The van der Waals surface area contributed by atoms with Gasteiger partial charge in [0, 0.05) is 51.3 Å². The van der Waals surface area contributed by atoms with Gasteiger partial charge >= 0.3 is 5.97 Å². The molecule has 10 nitrogen and oxygen atoms in total. The highest BCUT2D eigenvalue weighted by Crippen LogP contribution is 2.42. The second-order valence-corrected chi connectivity index (χ2v) is 10.1. The number of anilines is 1. The first kappa shape index (κ1) is 28.4. The molecule has 4 rings (SSSR count). The molecule has 1 N–H and O–H groups in total. The van der Waals surface area contributed by atoms with Crippen molar-refractivity contribution >= 4 is 23.5 Å². The Morgan fingerprint density at radius 2 is 1.92 bits per heavy atom. The van der Waals surface area contributed by atoms with Crippen LogP contribution in [0.4, 0.5) is 5.69 Å². The van der Waals surface area contributed by atoms with Crippen molar-refractivity contribution in [3.63, 3.8) is 0 Å². The zero-order chi connectivity index (χ0) is 27.9. The second-order valence-electron chi connectivity index (χ2n) is 10.1. The number of pyridine rings is 1. The van der Waals surface area contributed by atoms with Crippen molar-refractivity contribution < 1.29 is 29.0 Å². The predicted molar refractivity (Wildman–Crippen MR) is 146 cm³/mol. The van der Waals surface area contributed by atoms with Crippen molar-refractivity contribution in [2.75, 3.05) is 44.4 Å². The number of fused-ring (bicyclic) bond motifs is 1. The summed E-state index contributed by atoms with van der Waals surface area (Å²) < 4.78 is 11.0. The molecule has 1 aromatic carbocycles. The number of ether oxygens (including phenoxy) is 2. The monoisotopic (exact) mass is 538 g/mol. The molecule has 1 saturated heterocycles. The summed E-state index contributed by atoms with van der Waals surface area (Å²) in [6.07, 6.45) is 5.56. The number of likely N-dealkylation sites (tertiary alicyclic amines) is 1. The van der Waals surface area contributed by atoms with Gasteiger partial charge in [0.25, 0.3) is 0 Å². The maximum atomic E-state index is 13.7. The number of amides is 2. The summed E-state index contributed by atoms with van der Waals surface area (Å²) in [6.45, 7) is 7.61. The second kappa shape index (κ2) is 12.9. The van der Waals surface area contributed by atoms with Crippen LogP contribution in [0.5, 0.6) is 11.5 Å². The fourth-order valence-corrected chi connectivity index (χ4v) is 5.65. The average molecular weight is 539 g/mol. The number of rotatable bonds is 12. The van der Waals surface area contributed by atoms with Crippen molar-refractivity contribution in [2.45, 2.75) is 52.0 Å². The van der Waals surface area contributed by atoms with E-state index in [-0.39, 0.29) is 31.1 Å². The molecule has 39 heavy (non-hydrogen) atoms. The third-order valence-corrected chi connectivity index (χ3v) is 7.71. The molecule has 0 radical (unpaired) electrons. The lowest BCUT2D eigenvalue weighted by Crippen LogP contribution is -2.46. The number of carboxylic acids is 1. The molecular weight excluding hydrogens is 500 g/mol. The molecule has 0 aliphatic carbocycles. The lowest BCUT2D eigenvalue weighted by molar-refractivity contribution is -0.143. The summed E-state index contributed by atoms with van der Waals surface area (Å²) in [5.74, 6) is -0.959. The quantitative estimate of drug-likeness (QED) is 0.438. The summed E-state index contributed by atoms with van der Waals surface area (Å²) in [4.78, 5) is 48.2. The van der Waals surface area contributed by atoms with Crippen LogP contribution in [-0.4, -0.2) is 83.2 Å². The minimum Gasteiger partial charge on any atom is -0.481 e. The fourth-order valence-electron chi connectivity index (χ4n) is 5.65. The van der Waals surface area contributed by atoms with Crippen LogP contribution in [0.15, 0.2) is 42.7 Å². The maximum Gasteiger partial charge on any atom is 0.308 e. The fraction of sp³-hybridized carbons (Fsp3) is 0.517. The van der Waals surface area contributed by atoms with Crippen molar-refractivity contribution in [3.8, 4) is 11.5 Å². The molecule has 1 fully saturated rings. The van der Waals surface area contributed by atoms with Gasteiger partial charge in [0.15, 0.2) is 11.5 Å². The number of hydrogen-bond acceptors (Lipinski definition) is 7. The first-order chi connectivity index (χ1) is 18.8. The Morgan fingerprint density at radius 1 is 1.13 bits per heavy atom. The van der Waals surface area contributed by atoms with E-state index in [9.17, 15) is 19.5 Å². The molecule has 0 bridgehead atoms. The van der Waals surface area contributed by atoms with Gasteiger partial charge in [0.2, 0.25) is 18.6 Å². The SMILES string of the molecule is CCCCN(C(=O)CN1CC(c2ccc3c(c2)OCO3)C(C(=O)O)C1CCN(CC)C(C)=O)c1cccnc1. The smallest absolute Gasteiger partial charge is 0.308 e. The predicted octanol–water partition coefficient (Wildman–Crippen LogP) is 3.37. The van der Waals surface area contributed by atoms with Gasteiger partial charge in [-0.25, -0.2) is 0 Å². The largest absolute Gasteiger partial charge is 0.481 e. The molecule has 10 heteroatoms. The van der Waals surface area contributed by atoms with E-state index in [1.165, 1.54) is 6.92 Å². The number of carbonyl (C=O) groups excluding carboxylic acids is 2. The van der Waals surface area contributed by atoms with Crippen LogP contribution in [0.1, 0.15) is 51.5 Å². The zero-order valence-corrected chi connectivity index (χ0v) is 22.9. The van der Waals surface area contributed by atoms with Gasteiger partial charge in [0.05, 0.1) is 24.3 Å². The molecule has 2 aliphatic heterocycles. The number of unbranched alkanes of at least 4 members (excludes halogenated alkanes) is 1. The Bertz CT molecular complexity index is 1160. The van der Waals surface area contributed by atoms with Gasteiger partial charge in [-0.1, -0.05) is 19.4 Å². The first-order valence-corrected chi connectivity index (χ1v) is 13.7. The van der Waals surface area contributed by atoms with E-state index in [0.717, 1.165) is 24.1 Å².